The minimum atomic E-state index is -0.559. The van der Waals surface area contributed by atoms with Crippen LogP contribution in [-0.2, 0) is 19.1 Å². The van der Waals surface area contributed by atoms with Crippen molar-refractivity contribution in [1.82, 2.24) is 0 Å². The smallest absolute Gasteiger partial charge is 0.335 e. The number of carbonyl (C=O) groups is 2. The molecule has 0 aliphatic heterocycles. The minimum absolute atomic E-state index is 0.558. The number of rotatable bonds is 9. The largest absolute Gasteiger partial charge is 0.462 e. The summed E-state index contributed by atoms with van der Waals surface area (Å²) in [6, 6.07) is 13.0. The van der Waals surface area contributed by atoms with Gasteiger partial charge in [-0.15, -0.1) is 0 Å². The van der Waals surface area contributed by atoms with Gasteiger partial charge in [-0.2, -0.15) is 0 Å². The van der Waals surface area contributed by atoms with Crippen LogP contribution in [0, 0.1) is 6.92 Å². The zero-order chi connectivity index (χ0) is 21.1. The Morgan fingerprint density at radius 1 is 0.759 bits per heavy atom. The summed E-state index contributed by atoms with van der Waals surface area (Å²) in [5.74, 6) is 0.0845. The van der Waals surface area contributed by atoms with E-state index < -0.39 is 11.9 Å². The molecule has 0 aromatic heterocycles. The molecule has 0 unspecified atom stereocenters. The van der Waals surface area contributed by atoms with E-state index in [1.165, 1.54) is 12.5 Å². The Hall–Kier alpha value is -4.06. The van der Waals surface area contributed by atoms with Crippen LogP contribution in [-0.4, -0.2) is 11.9 Å². The molecule has 6 nitrogen and oxygen atoms in total. The Kier molecular flexibility index (Phi) is 8.01. The first kappa shape index (κ1) is 21.2. The maximum Gasteiger partial charge on any atom is 0.335 e. The summed E-state index contributed by atoms with van der Waals surface area (Å²) in [5, 5.41) is 0. The summed E-state index contributed by atoms with van der Waals surface area (Å²) in [4.78, 5) is 21.8. The lowest BCUT2D eigenvalue weighted by Crippen LogP contribution is -1.93. The molecule has 0 radical (unpaired) electrons. The maximum absolute atomic E-state index is 10.9. The third kappa shape index (κ3) is 6.88. The van der Waals surface area contributed by atoms with Gasteiger partial charge in [0.1, 0.15) is 36.5 Å². The van der Waals surface area contributed by atoms with Crippen LogP contribution in [0.3, 0.4) is 0 Å². The molecule has 0 heterocycles. The molecule has 2 aromatic carbocycles. The van der Waals surface area contributed by atoms with E-state index >= 15 is 0 Å². The van der Waals surface area contributed by atoms with Crippen LogP contribution in [0.1, 0.15) is 5.56 Å². The summed E-state index contributed by atoms with van der Waals surface area (Å²) in [6.07, 6.45) is 6.97. The molecule has 0 aliphatic carbocycles. The molecule has 0 fully saturated rings. The van der Waals surface area contributed by atoms with Crippen LogP contribution >= 0.6 is 0 Å². The zero-order valence-corrected chi connectivity index (χ0v) is 15.9. The highest BCUT2D eigenvalue weighted by Crippen LogP contribution is 2.28. The summed E-state index contributed by atoms with van der Waals surface area (Å²) in [5.41, 5.74) is 3.03. The predicted molar refractivity (Wildman–Crippen MR) is 109 cm³/mol. The summed E-state index contributed by atoms with van der Waals surface area (Å²) < 4.78 is 20.1. The van der Waals surface area contributed by atoms with Crippen LogP contribution in [0.4, 0.5) is 0 Å². The highest BCUT2D eigenvalue weighted by molar-refractivity contribution is 5.82. The zero-order valence-electron chi connectivity index (χ0n) is 15.9. The molecule has 0 amide bonds. The Morgan fingerprint density at radius 3 is 1.79 bits per heavy atom. The fraction of sp³-hybridized carbons (Fsp3) is 0.0435. The Morgan fingerprint density at radius 2 is 1.28 bits per heavy atom. The first-order valence-electron chi connectivity index (χ1n) is 8.54. The van der Waals surface area contributed by atoms with E-state index in [9.17, 15) is 9.59 Å². The molecule has 6 heteroatoms. The summed E-state index contributed by atoms with van der Waals surface area (Å²) in [6.45, 7) is 8.56. The second-order valence-corrected chi connectivity index (χ2v) is 5.56. The Balaban J connectivity index is 1.97. The van der Waals surface area contributed by atoms with Gasteiger partial charge in [0.25, 0.3) is 0 Å². The van der Waals surface area contributed by atoms with Crippen molar-refractivity contribution >= 4 is 11.9 Å². The normalized spacial score (nSPS) is 10.5. The van der Waals surface area contributed by atoms with Gasteiger partial charge >= 0.3 is 11.9 Å². The number of hydrogen-bond donors (Lipinski definition) is 0. The van der Waals surface area contributed by atoms with Crippen molar-refractivity contribution in [3.63, 3.8) is 0 Å². The van der Waals surface area contributed by atoms with Gasteiger partial charge in [-0.25, -0.2) is 9.59 Å². The number of carbonyl (C=O) groups excluding carboxylic acids is 2. The lowest BCUT2D eigenvalue weighted by atomic mass is 10.0. The highest BCUT2D eigenvalue weighted by Gasteiger charge is 2.04. The van der Waals surface area contributed by atoms with Crippen LogP contribution in [0.25, 0.3) is 11.1 Å². The molecule has 0 bridgehead atoms. The van der Waals surface area contributed by atoms with Crippen molar-refractivity contribution in [1.29, 1.82) is 0 Å². The Labute approximate surface area is 169 Å². The number of benzene rings is 2. The molecular formula is C23H20O6. The van der Waals surface area contributed by atoms with E-state index in [2.05, 4.69) is 17.9 Å². The van der Waals surface area contributed by atoms with Crippen molar-refractivity contribution < 1.29 is 28.5 Å². The van der Waals surface area contributed by atoms with E-state index in [1.54, 1.807) is 12.1 Å². The van der Waals surface area contributed by atoms with Gasteiger partial charge in [0.05, 0.1) is 0 Å². The van der Waals surface area contributed by atoms with E-state index in [-0.39, 0.29) is 0 Å². The topological polar surface area (TPSA) is 71.1 Å². The van der Waals surface area contributed by atoms with Gasteiger partial charge in [-0.05, 0) is 47.9 Å². The molecule has 0 atom stereocenters. The number of esters is 2. The van der Waals surface area contributed by atoms with Crippen LogP contribution in [0.2, 0.25) is 0 Å². The van der Waals surface area contributed by atoms with Crippen LogP contribution < -0.4 is 9.47 Å². The standard InChI is InChI=1S/C23H20O6/c1-4-22(24)28-14-12-26-19-8-6-18(7-9-19)21-11-10-20(16-17(21)3)27-13-15-29-23(25)5-2/h4-16H,1-2H2,3H3/b14-12-,15-13-. The van der Waals surface area contributed by atoms with E-state index in [0.29, 0.717) is 11.5 Å². The summed E-state index contributed by atoms with van der Waals surface area (Å²) in [7, 11) is 0. The van der Waals surface area contributed by atoms with Gasteiger partial charge in [-0.3, -0.25) is 0 Å². The highest BCUT2D eigenvalue weighted by atomic mass is 16.5. The second kappa shape index (κ2) is 10.9. The van der Waals surface area contributed by atoms with Crippen molar-refractivity contribution in [2.75, 3.05) is 0 Å². The molecular weight excluding hydrogens is 372 g/mol. The number of hydrogen-bond acceptors (Lipinski definition) is 6. The molecule has 29 heavy (non-hydrogen) atoms. The van der Waals surface area contributed by atoms with E-state index in [4.69, 9.17) is 14.2 Å². The second-order valence-electron chi connectivity index (χ2n) is 5.56. The van der Waals surface area contributed by atoms with Crippen molar-refractivity contribution in [2.45, 2.75) is 6.92 Å². The fourth-order valence-electron chi connectivity index (χ4n) is 2.25. The average Bonchev–Trinajstić information content (AvgIpc) is 2.74. The molecule has 0 N–H and O–H groups in total. The fourth-order valence-corrected chi connectivity index (χ4v) is 2.25. The minimum Gasteiger partial charge on any atom is -0.462 e. The Bertz CT molecular complexity index is 938. The molecule has 0 saturated heterocycles. The first-order chi connectivity index (χ1) is 14.0. The van der Waals surface area contributed by atoms with Gasteiger partial charge in [-0.1, -0.05) is 31.4 Å². The third-order valence-electron chi connectivity index (χ3n) is 3.58. The third-order valence-corrected chi connectivity index (χ3v) is 3.58. The van der Waals surface area contributed by atoms with Gasteiger partial charge in [0, 0.05) is 12.2 Å². The van der Waals surface area contributed by atoms with E-state index in [1.807, 2.05) is 37.3 Å². The predicted octanol–water partition coefficient (Wildman–Crippen LogP) is 4.82. The first-order valence-corrected chi connectivity index (χ1v) is 8.54. The molecule has 0 spiro atoms. The van der Waals surface area contributed by atoms with E-state index in [0.717, 1.165) is 41.4 Å². The molecule has 148 valence electrons. The molecule has 0 saturated carbocycles. The number of aryl methyl sites for hydroxylation is 1. The monoisotopic (exact) mass is 392 g/mol. The summed E-state index contributed by atoms with van der Waals surface area (Å²) >= 11 is 0. The van der Waals surface area contributed by atoms with Crippen molar-refractivity contribution in [3.05, 3.63) is 98.4 Å². The molecule has 2 rings (SSSR count). The lowest BCUT2D eigenvalue weighted by Gasteiger charge is -2.09. The molecule has 2 aromatic rings. The van der Waals surface area contributed by atoms with Gasteiger partial charge in [0.15, 0.2) is 0 Å². The SMILES string of the molecule is C=CC(=O)O/C=C\Oc1ccc(-c2ccc(O/C=C\OC(=O)C=C)cc2C)cc1. The van der Waals surface area contributed by atoms with Crippen LogP contribution in [0.15, 0.2) is 92.8 Å². The average molecular weight is 392 g/mol. The quantitative estimate of drug-likeness (QED) is 0.346. The van der Waals surface area contributed by atoms with Crippen LogP contribution in [0.5, 0.6) is 11.5 Å². The molecule has 0 aliphatic rings. The number of ether oxygens (including phenoxy) is 4. The van der Waals surface area contributed by atoms with Crippen molar-refractivity contribution in [2.24, 2.45) is 0 Å². The lowest BCUT2D eigenvalue weighted by molar-refractivity contribution is -0.133. The van der Waals surface area contributed by atoms with Crippen molar-refractivity contribution in [3.8, 4) is 22.6 Å². The van der Waals surface area contributed by atoms with Gasteiger partial charge < -0.3 is 18.9 Å². The van der Waals surface area contributed by atoms with Gasteiger partial charge in [0.2, 0.25) is 0 Å². The maximum atomic E-state index is 10.9.